The maximum absolute atomic E-state index is 12.0. The average Bonchev–Trinajstić information content (AvgIpc) is 2.54. The number of para-hydroxylation sites is 2. The van der Waals surface area contributed by atoms with Gasteiger partial charge in [0.1, 0.15) is 0 Å². The van der Waals surface area contributed by atoms with Crippen LogP contribution in [0.15, 0.2) is 54.6 Å². The largest absolute Gasteiger partial charge is 0.391 e. The minimum absolute atomic E-state index is 0.199. The van der Waals surface area contributed by atoms with Gasteiger partial charge in [0.15, 0.2) is 0 Å². The Kier molecular flexibility index (Phi) is 6.00. The Labute approximate surface area is 136 Å². The standard InChI is InChI=1S/C18H23N3O2/c1-21(2)17-11-7-6-10-16(17)20-18(23)19-13-15(22)12-14-8-4-3-5-9-14/h3-11,15,22H,12-13H2,1-2H3,(H2,19,20,23). The van der Waals surface area contributed by atoms with Crippen molar-refractivity contribution >= 4 is 17.4 Å². The summed E-state index contributed by atoms with van der Waals surface area (Å²) < 4.78 is 0. The second-order valence-electron chi connectivity index (χ2n) is 5.59. The quantitative estimate of drug-likeness (QED) is 0.767. The molecule has 1 atom stereocenters. The van der Waals surface area contributed by atoms with E-state index < -0.39 is 6.10 Å². The molecule has 0 saturated carbocycles. The van der Waals surface area contributed by atoms with E-state index in [1.54, 1.807) is 0 Å². The van der Waals surface area contributed by atoms with E-state index in [-0.39, 0.29) is 12.6 Å². The molecule has 3 N–H and O–H groups in total. The summed E-state index contributed by atoms with van der Waals surface area (Å²) in [5, 5.41) is 15.5. The van der Waals surface area contributed by atoms with E-state index in [1.807, 2.05) is 73.6 Å². The SMILES string of the molecule is CN(C)c1ccccc1NC(=O)NCC(O)Cc1ccccc1. The summed E-state index contributed by atoms with van der Waals surface area (Å²) in [6.07, 6.45) is -0.109. The highest BCUT2D eigenvalue weighted by Crippen LogP contribution is 2.23. The van der Waals surface area contributed by atoms with Crippen LogP contribution in [0.5, 0.6) is 0 Å². The van der Waals surface area contributed by atoms with Crippen LogP contribution in [0.4, 0.5) is 16.2 Å². The smallest absolute Gasteiger partial charge is 0.319 e. The van der Waals surface area contributed by atoms with E-state index in [4.69, 9.17) is 0 Å². The average molecular weight is 313 g/mol. The molecule has 0 saturated heterocycles. The summed E-state index contributed by atoms with van der Waals surface area (Å²) in [6, 6.07) is 16.9. The maximum Gasteiger partial charge on any atom is 0.319 e. The molecule has 5 nitrogen and oxygen atoms in total. The zero-order valence-corrected chi connectivity index (χ0v) is 13.5. The van der Waals surface area contributed by atoms with Crippen LogP contribution >= 0.6 is 0 Å². The highest BCUT2D eigenvalue weighted by molar-refractivity contribution is 5.93. The Balaban J connectivity index is 1.83. The van der Waals surface area contributed by atoms with E-state index in [1.165, 1.54) is 0 Å². The van der Waals surface area contributed by atoms with Crippen molar-refractivity contribution in [2.75, 3.05) is 30.9 Å². The summed E-state index contributed by atoms with van der Waals surface area (Å²) in [5.74, 6) is 0. The Morgan fingerprint density at radius 3 is 2.43 bits per heavy atom. The van der Waals surface area contributed by atoms with E-state index in [9.17, 15) is 9.90 Å². The molecule has 0 heterocycles. The first kappa shape index (κ1) is 16.8. The number of nitrogens with one attached hydrogen (secondary N) is 2. The number of nitrogens with zero attached hydrogens (tertiary/aromatic N) is 1. The molecule has 0 aliphatic rings. The number of hydrogen-bond donors (Lipinski definition) is 3. The van der Waals surface area contributed by atoms with Gasteiger partial charge in [-0.25, -0.2) is 4.79 Å². The van der Waals surface area contributed by atoms with E-state index >= 15 is 0 Å². The Bertz CT molecular complexity index is 629. The van der Waals surface area contributed by atoms with Gasteiger partial charge < -0.3 is 20.6 Å². The Hall–Kier alpha value is -2.53. The van der Waals surface area contributed by atoms with Crippen LogP contribution in [0, 0.1) is 0 Å². The molecule has 2 rings (SSSR count). The predicted octanol–water partition coefficient (Wildman–Crippen LogP) is 2.48. The minimum atomic E-state index is -0.618. The second kappa shape index (κ2) is 8.19. The second-order valence-corrected chi connectivity index (χ2v) is 5.59. The number of anilines is 2. The van der Waals surface area contributed by atoms with Crippen molar-refractivity contribution in [2.24, 2.45) is 0 Å². The number of amides is 2. The number of rotatable bonds is 6. The van der Waals surface area contributed by atoms with Gasteiger partial charge in [0.2, 0.25) is 0 Å². The summed E-state index contributed by atoms with van der Waals surface area (Å²) in [7, 11) is 3.84. The molecule has 0 aromatic heterocycles. The predicted molar refractivity (Wildman–Crippen MR) is 93.9 cm³/mol. The summed E-state index contributed by atoms with van der Waals surface area (Å²) >= 11 is 0. The number of aliphatic hydroxyl groups is 1. The number of carbonyl (C=O) groups is 1. The van der Waals surface area contributed by atoms with Crippen molar-refractivity contribution in [2.45, 2.75) is 12.5 Å². The lowest BCUT2D eigenvalue weighted by atomic mass is 10.1. The molecule has 0 bridgehead atoms. The van der Waals surface area contributed by atoms with Crippen molar-refractivity contribution in [3.8, 4) is 0 Å². The third-order valence-electron chi connectivity index (χ3n) is 3.45. The molecule has 5 heteroatoms. The van der Waals surface area contributed by atoms with Crippen molar-refractivity contribution in [3.05, 3.63) is 60.2 Å². The van der Waals surface area contributed by atoms with E-state index in [0.717, 1.165) is 16.9 Å². The van der Waals surface area contributed by atoms with Gasteiger partial charge in [-0.2, -0.15) is 0 Å². The van der Waals surface area contributed by atoms with Gasteiger partial charge in [0.25, 0.3) is 0 Å². The summed E-state index contributed by atoms with van der Waals surface area (Å²) in [4.78, 5) is 13.9. The van der Waals surface area contributed by atoms with Crippen LogP contribution in [-0.4, -0.2) is 37.9 Å². The van der Waals surface area contributed by atoms with Crippen LogP contribution in [-0.2, 0) is 6.42 Å². The molecule has 0 aliphatic heterocycles. The number of hydrogen-bond acceptors (Lipinski definition) is 3. The lowest BCUT2D eigenvalue weighted by molar-refractivity contribution is 0.172. The van der Waals surface area contributed by atoms with Gasteiger partial charge in [-0.1, -0.05) is 42.5 Å². The number of benzene rings is 2. The zero-order valence-electron chi connectivity index (χ0n) is 13.5. The minimum Gasteiger partial charge on any atom is -0.391 e. The molecule has 0 radical (unpaired) electrons. The topological polar surface area (TPSA) is 64.6 Å². The van der Waals surface area contributed by atoms with Gasteiger partial charge in [-0.15, -0.1) is 0 Å². The zero-order chi connectivity index (χ0) is 16.7. The third-order valence-corrected chi connectivity index (χ3v) is 3.45. The van der Waals surface area contributed by atoms with Crippen LogP contribution in [0.2, 0.25) is 0 Å². The molecular weight excluding hydrogens is 290 g/mol. The number of carbonyl (C=O) groups excluding carboxylic acids is 1. The Morgan fingerprint density at radius 1 is 1.09 bits per heavy atom. The van der Waals surface area contributed by atoms with Crippen LogP contribution < -0.4 is 15.5 Å². The molecule has 2 aromatic rings. The highest BCUT2D eigenvalue weighted by atomic mass is 16.3. The van der Waals surface area contributed by atoms with Crippen LogP contribution in [0.3, 0.4) is 0 Å². The monoisotopic (exact) mass is 313 g/mol. The summed E-state index contributed by atoms with van der Waals surface area (Å²) in [6.45, 7) is 0.199. The summed E-state index contributed by atoms with van der Waals surface area (Å²) in [5.41, 5.74) is 2.69. The van der Waals surface area contributed by atoms with E-state index in [2.05, 4.69) is 10.6 Å². The third kappa shape index (κ3) is 5.30. The maximum atomic E-state index is 12.0. The van der Waals surface area contributed by atoms with E-state index in [0.29, 0.717) is 6.42 Å². The fraction of sp³-hybridized carbons (Fsp3) is 0.278. The van der Waals surface area contributed by atoms with Gasteiger partial charge in [-0.05, 0) is 17.7 Å². The molecule has 23 heavy (non-hydrogen) atoms. The highest BCUT2D eigenvalue weighted by Gasteiger charge is 2.10. The van der Waals surface area contributed by atoms with Crippen molar-refractivity contribution < 1.29 is 9.90 Å². The molecule has 2 amide bonds. The first-order valence-electron chi connectivity index (χ1n) is 7.59. The molecule has 0 aliphatic carbocycles. The molecule has 2 aromatic carbocycles. The fourth-order valence-corrected chi connectivity index (χ4v) is 2.30. The lowest BCUT2D eigenvalue weighted by Gasteiger charge is -2.18. The van der Waals surface area contributed by atoms with Crippen molar-refractivity contribution in [1.82, 2.24) is 5.32 Å². The van der Waals surface area contributed by atoms with Gasteiger partial charge in [0.05, 0.1) is 17.5 Å². The molecule has 0 fully saturated rings. The van der Waals surface area contributed by atoms with Gasteiger partial charge in [-0.3, -0.25) is 0 Å². The van der Waals surface area contributed by atoms with Gasteiger partial charge >= 0.3 is 6.03 Å². The molecular formula is C18H23N3O2. The van der Waals surface area contributed by atoms with Crippen LogP contribution in [0.25, 0.3) is 0 Å². The van der Waals surface area contributed by atoms with Crippen molar-refractivity contribution in [3.63, 3.8) is 0 Å². The lowest BCUT2D eigenvalue weighted by Crippen LogP contribution is -2.36. The fourth-order valence-electron chi connectivity index (χ4n) is 2.30. The number of urea groups is 1. The van der Waals surface area contributed by atoms with Gasteiger partial charge in [0, 0.05) is 27.1 Å². The Morgan fingerprint density at radius 2 is 1.74 bits per heavy atom. The first-order valence-corrected chi connectivity index (χ1v) is 7.59. The normalized spacial score (nSPS) is 11.6. The molecule has 1 unspecified atom stereocenters. The molecule has 122 valence electrons. The van der Waals surface area contributed by atoms with Crippen molar-refractivity contribution in [1.29, 1.82) is 0 Å². The first-order chi connectivity index (χ1) is 11.1. The number of aliphatic hydroxyl groups excluding tert-OH is 1. The molecule has 0 spiro atoms. The van der Waals surface area contributed by atoms with Crippen LogP contribution in [0.1, 0.15) is 5.56 Å².